The molecule has 2 aromatic rings. The molecule has 0 aliphatic rings. The Hall–Kier alpha value is -2.27. The van der Waals surface area contributed by atoms with Gasteiger partial charge in [-0.1, -0.05) is 40.2 Å². The molecule has 0 unspecified atom stereocenters. The molecule has 23 heavy (non-hydrogen) atoms. The molecule has 0 aliphatic carbocycles. The fourth-order valence-corrected chi connectivity index (χ4v) is 2.25. The number of halogens is 1. The minimum Gasteiger partial charge on any atom is -0.493 e. The number of carbonyl (C=O) groups excluding carboxylic acids is 1. The number of methoxy groups -OCH3 is 2. The van der Waals surface area contributed by atoms with Gasteiger partial charge >= 0.3 is 5.97 Å². The summed E-state index contributed by atoms with van der Waals surface area (Å²) in [5.74, 6) is 0.766. The molecular weight excluding hydrogens is 360 g/mol. The summed E-state index contributed by atoms with van der Waals surface area (Å²) in [4.78, 5) is 11.8. The van der Waals surface area contributed by atoms with Crippen LogP contribution in [0.15, 0.2) is 53.0 Å². The number of carbonyl (C=O) groups is 1. The number of ether oxygens (including phenoxy) is 3. The van der Waals surface area contributed by atoms with Gasteiger partial charge in [0.1, 0.15) is 6.61 Å². The van der Waals surface area contributed by atoms with Gasteiger partial charge in [-0.2, -0.15) is 0 Å². The molecule has 0 aliphatic heterocycles. The van der Waals surface area contributed by atoms with Crippen LogP contribution in [0.4, 0.5) is 0 Å². The van der Waals surface area contributed by atoms with E-state index < -0.39 is 5.97 Å². The molecule has 5 heteroatoms. The van der Waals surface area contributed by atoms with Crippen molar-refractivity contribution >= 4 is 28.0 Å². The van der Waals surface area contributed by atoms with Crippen LogP contribution in [0.25, 0.3) is 6.08 Å². The van der Waals surface area contributed by atoms with Crippen LogP contribution in [-0.4, -0.2) is 20.2 Å². The lowest BCUT2D eigenvalue weighted by molar-refractivity contribution is -0.138. The highest BCUT2D eigenvalue weighted by Crippen LogP contribution is 2.31. The molecule has 120 valence electrons. The van der Waals surface area contributed by atoms with E-state index in [9.17, 15) is 4.79 Å². The van der Waals surface area contributed by atoms with Gasteiger partial charge < -0.3 is 14.2 Å². The second-order valence-corrected chi connectivity index (χ2v) is 5.57. The van der Waals surface area contributed by atoms with Crippen molar-refractivity contribution in [2.75, 3.05) is 14.2 Å². The molecule has 0 amide bonds. The highest BCUT2D eigenvalue weighted by molar-refractivity contribution is 9.10. The molecule has 0 radical (unpaired) electrons. The lowest BCUT2D eigenvalue weighted by atomic mass is 10.1. The molecule has 0 atom stereocenters. The SMILES string of the molecule is COc1cccc(/C=C/C(=O)OCc2ccc(Br)cc2)c1OC. The maximum atomic E-state index is 11.8. The lowest BCUT2D eigenvalue weighted by Gasteiger charge is -2.09. The van der Waals surface area contributed by atoms with E-state index in [1.165, 1.54) is 6.08 Å². The molecule has 2 aromatic carbocycles. The monoisotopic (exact) mass is 376 g/mol. The van der Waals surface area contributed by atoms with Gasteiger partial charge in [-0.3, -0.25) is 0 Å². The van der Waals surface area contributed by atoms with Crippen molar-refractivity contribution in [2.45, 2.75) is 6.61 Å². The molecule has 0 saturated heterocycles. The zero-order valence-corrected chi connectivity index (χ0v) is 14.5. The summed E-state index contributed by atoms with van der Waals surface area (Å²) in [6.07, 6.45) is 3.02. The van der Waals surface area contributed by atoms with Gasteiger partial charge in [0.2, 0.25) is 0 Å². The van der Waals surface area contributed by atoms with Gasteiger partial charge in [0.05, 0.1) is 14.2 Å². The molecule has 0 saturated carbocycles. The number of rotatable bonds is 6. The Balaban J connectivity index is 1.99. The van der Waals surface area contributed by atoms with Crippen LogP contribution in [0.2, 0.25) is 0 Å². The van der Waals surface area contributed by atoms with Crippen molar-refractivity contribution < 1.29 is 19.0 Å². The predicted molar refractivity (Wildman–Crippen MR) is 92.5 cm³/mol. The predicted octanol–water partition coefficient (Wildman–Crippen LogP) is 4.22. The Labute approximate surface area is 143 Å². The number of hydrogen-bond acceptors (Lipinski definition) is 4. The summed E-state index contributed by atoms with van der Waals surface area (Å²) in [6.45, 7) is 0.228. The molecule has 2 rings (SSSR count). The molecule has 0 fully saturated rings. The molecule has 0 N–H and O–H groups in total. The Bertz CT molecular complexity index is 693. The first-order chi connectivity index (χ1) is 11.1. The third kappa shape index (κ3) is 4.86. The maximum Gasteiger partial charge on any atom is 0.331 e. The van der Waals surface area contributed by atoms with E-state index in [4.69, 9.17) is 14.2 Å². The Kier molecular flexibility index (Phi) is 6.23. The van der Waals surface area contributed by atoms with Gasteiger partial charge in [0, 0.05) is 16.1 Å². The van der Waals surface area contributed by atoms with Crippen molar-refractivity contribution in [3.63, 3.8) is 0 Å². The largest absolute Gasteiger partial charge is 0.493 e. The van der Waals surface area contributed by atoms with E-state index in [-0.39, 0.29) is 6.61 Å². The lowest BCUT2D eigenvalue weighted by Crippen LogP contribution is -2.00. The van der Waals surface area contributed by atoms with Crippen molar-refractivity contribution in [1.29, 1.82) is 0 Å². The molecule has 0 spiro atoms. The average molecular weight is 377 g/mol. The van der Waals surface area contributed by atoms with E-state index >= 15 is 0 Å². The number of esters is 1. The smallest absolute Gasteiger partial charge is 0.331 e. The van der Waals surface area contributed by atoms with Crippen LogP contribution < -0.4 is 9.47 Å². The molecule has 0 aromatic heterocycles. The van der Waals surface area contributed by atoms with Crippen molar-refractivity contribution in [1.82, 2.24) is 0 Å². The number of benzene rings is 2. The molecule has 0 heterocycles. The molecule has 4 nitrogen and oxygen atoms in total. The van der Waals surface area contributed by atoms with E-state index in [1.807, 2.05) is 36.4 Å². The van der Waals surface area contributed by atoms with Crippen molar-refractivity contribution in [3.8, 4) is 11.5 Å². The summed E-state index contributed by atoms with van der Waals surface area (Å²) in [6, 6.07) is 13.1. The quantitative estimate of drug-likeness (QED) is 0.559. The fourth-order valence-electron chi connectivity index (χ4n) is 1.98. The maximum absolute atomic E-state index is 11.8. The minimum absolute atomic E-state index is 0.228. The topological polar surface area (TPSA) is 44.8 Å². The van der Waals surface area contributed by atoms with Crippen LogP contribution in [-0.2, 0) is 16.1 Å². The van der Waals surface area contributed by atoms with Gasteiger partial charge in [0.15, 0.2) is 11.5 Å². The van der Waals surface area contributed by atoms with Gasteiger partial charge in [-0.05, 0) is 29.8 Å². The van der Waals surface area contributed by atoms with Gasteiger partial charge in [-0.25, -0.2) is 4.79 Å². The number of hydrogen-bond donors (Lipinski definition) is 0. The van der Waals surface area contributed by atoms with Crippen LogP contribution in [0.5, 0.6) is 11.5 Å². The van der Waals surface area contributed by atoms with Gasteiger partial charge in [0.25, 0.3) is 0 Å². The van der Waals surface area contributed by atoms with Crippen molar-refractivity contribution in [2.24, 2.45) is 0 Å². The highest BCUT2D eigenvalue weighted by atomic mass is 79.9. The summed E-state index contributed by atoms with van der Waals surface area (Å²) in [5.41, 5.74) is 1.67. The Morgan fingerprint density at radius 2 is 1.83 bits per heavy atom. The second kappa shape index (κ2) is 8.39. The van der Waals surface area contributed by atoms with Crippen molar-refractivity contribution in [3.05, 3.63) is 64.1 Å². The van der Waals surface area contributed by atoms with E-state index in [0.717, 1.165) is 15.6 Å². The third-order valence-corrected chi connectivity index (χ3v) is 3.66. The zero-order valence-electron chi connectivity index (χ0n) is 12.9. The summed E-state index contributed by atoms with van der Waals surface area (Å²) >= 11 is 3.36. The first-order valence-corrected chi connectivity index (χ1v) is 7.73. The fraction of sp³-hybridized carbons (Fsp3) is 0.167. The number of para-hydroxylation sites is 1. The standard InChI is InChI=1S/C18H17BrO4/c1-21-16-5-3-4-14(18(16)22-2)8-11-17(20)23-12-13-6-9-15(19)10-7-13/h3-11H,12H2,1-2H3/b11-8+. The van der Waals surface area contributed by atoms with Crippen LogP contribution in [0.1, 0.15) is 11.1 Å². The zero-order chi connectivity index (χ0) is 16.7. The Morgan fingerprint density at radius 3 is 2.48 bits per heavy atom. The minimum atomic E-state index is -0.419. The second-order valence-electron chi connectivity index (χ2n) is 4.65. The normalized spacial score (nSPS) is 10.6. The molecular formula is C18H17BrO4. The van der Waals surface area contributed by atoms with E-state index in [2.05, 4.69) is 15.9 Å². The first kappa shape index (κ1) is 17.1. The summed E-state index contributed by atoms with van der Waals surface area (Å²) in [7, 11) is 3.12. The summed E-state index contributed by atoms with van der Waals surface area (Å²) < 4.78 is 16.7. The average Bonchev–Trinajstić information content (AvgIpc) is 2.58. The first-order valence-electron chi connectivity index (χ1n) is 6.94. The Morgan fingerprint density at radius 1 is 1.09 bits per heavy atom. The third-order valence-electron chi connectivity index (χ3n) is 3.13. The van der Waals surface area contributed by atoms with E-state index in [0.29, 0.717) is 11.5 Å². The summed E-state index contributed by atoms with van der Waals surface area (Å²) in [5, 5.41) is 0. The van der Waals surface area contributed by atoms with E-state index in [1.54, 1.807) is 26.4 Å². The van der Waals surface area contributed by atoms with Crippen LogP contribution >= 0.6 is 15.9 Å². The highest BCUT2D eigenvalue weighted by Gasteiger charge is 2.07. The van der Waals surface area contributed by atoms with Crippen LogP contribution in [0, 0.1) is 0 Å². The van der Waals surface area contributed by atoms with Gasteiger partial charge in [-0.15, -0.1) is 0 Å². The van der Waals surface area contributed by atoms with Crippen LogP contribution in [0.3, 0.4) is 0 Å². The molecule has 0 bridgehead atoms.